The van der Waals surface area contributed by atoms with Gasteiger partial charge < -0.3 is 9.84 Å². The van der Waals surface area contributed by atoms with Crippen LogP contribution >= 0.6 is 0 Å². The van der Waals surface area contributed by atoms with Crippen molar-refractivity contribution in [3.8, 4) is 0 Å². The van der Waals surface area contributed by atoms with Crippen molar-refractivity contribution in [2.45, 2.75) is 39.0 Å². The number of hydrogen-bond donors (Lipinski definition) is 2. The van der Waals surface area contributed by atoms with E-state index in [9.17, 15) is 4.79 Å². The minimum atomic E-state index is 0.0128. The van der Waals surface area contributed by atoms with E-state index in [2.05, 4.69) is 25.7 Å². The normalized spacial score (nSPS) is 10.9. The summed E-state index contributed by atoms with van der Waals surface area (Å²) in [6.07, 6.45) is 5.22. The van der Waals surface area contributed by atoms with E-state index in [0.29, 0.717) is 37.5 Å². The van der Waals surface area contributed by atoms with Crippen molar-refractivity contribution in [2.75, 3.05) is 6.54 Å². The van der Waals surface area contributed by atoms with Crippen molar-refractivity contribution in [1.29, 1.82) is 0 Å². The van der Waals surface area contributed by atoms with Gasteiger partial charge in [0.15, 0.2) is 5.82 Å². The lowest BCUT2D eigenvalue weighted by Gasteiger charge is -2.02. The van der Waals surface area contributed by atoms with Gasteiger partial charge in [0.1, 0.15) is 0 Å². The Bertz CT molecular complexity index is 533. The van der Waals surface area contributed by atoms with Gasteiger partial charge in [-0.05, 0) is 12.0 Å². The number of H-pyrrole nitrogens is 1. The summed E-state index contributed by atoms with van der Waals surface area (Å²) >= 11 is 0. The van der Waals surface area contributed by atoms with Crippen molar-refractivity contribution in [2.24, 2.45) is 0 Å². The SMILES string of the molecule is CC(C)c1nc(CCNC(=O)CCc2cn[nH]c2)no1. The van der Waals surface area contributed by atoms with Crippen molar-refractivity contribution in [1.82, 2.24) is 25.7 Å². The summed E-state index contributed by atoms with van der Waals surface area (Å²) in [5, 5.41) is 13.3. The summed E-state index contributed by atoms with van der Waals surface area (Å²) in [6, 6.07) is 0. The van der Waals surface area contributed by atoms with Crippen LogP contribution in [0.15, 0.2) is 16.9 Å². The highest BCUT2D eigenvalue weighted by molar-refractivity contribution is 5.76. The number of amides is 1. The number of hydrogen-bond acceptors (Lipinski definition) is 5. The Morgan fingerprint density at radius 2 is 2.30 bits per heavy atom. The molecule has 7 nitrogen and oxygen atoms in total. The molecule has 2 aromatic rings. The van der Waals surface area contributed by atoms with E-state index in [1.165, 1.54) is 0 Å². The van der Waals surface area contributed by atoms with Crippen LogP contribution in [0.3, 0.4) is 0 Å². The number of carbonyl (C=O) groups excluding carboxylic acids is 1. The second-order valence-corrected chi connectivity index (χ2v) is 4.91. The molecule has 0 aliphatic carbocycles. The third-order valence-corrected chi connectivity index (χ3v) is 2.84. The molecule has 0 bridgehead atoms. The molecular formula is C13H19N5O2. The third kappa shape index (κ3) is 4.18. The zero-order chi connectivity index (χ0) is 14.4. The van der Waals surface area contributed by atoms with Crippen molar-refractivity contribution >= 4 is 5.91 Å². The van der Waals surface area contributed by atoms with Crippen LogP contribution in [-0.2, 0) is 17.6 Å². The third-order valence-electron chi connectivity index (χ3n) is 2.84. The Labute approximate surface area is 117 Å². The number of aromatic amines is 1. The first-order valence-corrected chi connectivity index (χ1v) is 6.72. The fourth-order valence-corrected chi connectivity index (χ4v) is 1.68. The fourth-order valence-electron chi connectivity index (χ4n) is 1.68. The Kier molecular flexibility index (Phi) is 4.86. The van der Waals surface area contributed by atoms with Gasteiger partial charge in [0.2, 0.25) is 11.8 Å². The van der Waals surface area contributed by atoms with E-state index >= 15 is 0 Å². The quantitative estimate of drug-likeness (QED) is 0.792. The van der Waals surface area contributed by atoms with Crippen molar-refractivity contribution < 1.29 is 9.32 Å². The molecule has 0 aliphatic heterocycles. The molecule has 2 aromatic heterocycles. The molecule has 0 spiro atoms. The highest BCUT2D eigenvalue weighted by atomic mass is 16.5. The van der Waals surface area contributed by atoms with Crippen LogP contribution in [-0.4, -0.2) is 32.8 Å². The summed E-state index contributed by atoms with van der Waals surface area (Å²) < 4.78 is 5.10. The molecule has 0 saturated heterocycles. The lowest BCUT2D eigenvalue weighted by atomic mass is 10.2. The predicted molar refractivity (Wildman–Crippen MR) is 72.0 cm³/mol. The number of nitrogens with zero attached hydrogens (tertiary/aromatic N) is 3. The molecule has 7 heteroatoms. The van der Waals surface area contributed by atoms with E-state index in [-0.39, 0.29) is 11.8 Å². The molecular weight excluding hydrogens is 258 g/mol. The van der Waals surface area contributed by atoms with Crippen LogP contribution in [0.4, 0.5) is 0 Å². The number of carbonyl (C=O) groups is 1. The largest absolute Gasteiger partial charge is 0.356 e. The molecule has 0 atom stereocenters. The van der Waals surface area contributed by atoms with Crippen molar-refractivity contribution in [3.63, 3.8) is 0 Å². The zero-order valence-electron chi connectivity index (χ0n) is 11.7. The molecule has 2 heterocycles. The highest BCUT2D eigenvalue weighted by Crippen LogP contribution is 2.10. The maximum absolute atomic E-state index is 11.6. The fraction of sp³-hybridized carbons (Fsp3) is 0.538. The summed E-state index contributed by atoms with van der Waals surface area (Å²) in [5.41, 5.74) is 1.03. The summed E-state index contributed by atoms with van der Waals surface area (Å²) in [7, 11) is 0. The van der Waals surface area contributed by atoms with Gasteiger partial charge in [0.25, 0.3) is 0 Å². The van der Waals surface area contributed by atoms with Crippen LogP contribution in [0.1, 0.15) is 43.5 Å². The average molecular weight is 277 g/mol. The van der Waals surface area contributed by atoms with Crippen LogP contribution in [0.25, 0.3) is 0 Å². The Balaban J connectivity index is 1.65. The lowest BCUT2D eigenvalue weighted by molar-refractivity contribution is -0.121. The zero-order valence-corrected chi connectivity index (χ0v) is 11.7. The maximum Gasteiger partial charge on any atom is 0.229 e. The van der Waals surface area contributed by atoms with E-state index < -0.39 is 0 Å². The minimum Gasteiger partial charge on any atom is -0.356 e. The average Bonchev–Trinajstić information content (AvgIpc) is 3.07. The minimum absolute atomic E-state index is 0.0128. The van der Waals surface area contributed by atoms with Gasteiger partial charge in [-0.2, -0.15) is 10.1 Å². The number of nitrogens with one attached hydrogen (secondary N) is 2. The van der Waals surface area contributed by atoms with Crippen molar-refractivity contribution in [3.05, 3.63) is 29.7 Å². The number of aromatic nitrogens is 4. The van der Waals surface area contributed by atoms with E-state index in [1.54, 1.807) is 12.4 Å². The molecule has 108 valence electrons. The molecule has 0 radical (unpaired) electrons. The van der Waals surface area contributed by atoms with Gasteiger partial charge in [-0.25, -0.2) is 0 Å². The molecule has 0 aromatic carbocycles. The lowest BCUT2D eigenvalue weighted by Crippen LogP contribution is -2.26. The Morgan fingerprint density at radius 1 is 1.45 bits per heavy atom. The topological polar surface area (TPSA) is 96.7 Å². The first-order valence-electron chi connectivity index (χ1n) is 6.72. The second-order valence-electron chi connectivity index (χ2n) is 4.91. The smallest absolute Gasteiger partial charge is 0.229 e. The van der Waals surface area contributed by atoms with Gasteiger partial charge >= 0.3 is 0 Å². The number of aryl methyl sites for hydroxylation is 1. The molecule has 0 saturated carbocycles. The van der Waals surface area contributed by atoms with E-state index in [0.717, 1.165) is 5.56 Å². The first kappa shape index (κ1) is 14.2. The number of rotatable bonds is 7. The standard InChI is InChI=1S/C13H19N5O2/c1-9(2)13-17-11(18-20-13)5-6-14-12(19)4-3-10-7-15-16-8-10/h7-9H,3-6H2,1-2H3,(H,14,19)(H,15,16). The molecule has 0 unspecified atom stereocenters. The van der Waals surface area contributed by atoms with E-state index in [4.69, 9.17) is 4.52 Å². The molecule has 2 N–H and O–H groups in total. The second kappa shape index (κ2) is 6.83. The van der Waals surface area contributed by atoms with Gasteiger partial charge in [-0.15, -0.1) is 0 Å². The first-order chi connectivity index (χ1) is 9.65. The van der Waals surface area contributed by atoms with Gasteiger partial charge in [0.05, 0.1) is 6.20 Å². The Hall–Kier alpha value is -2.18. The maximum atomic E-state index is 11.6. The summed E-state index contributed by atoms with van der Waals surface area (Å²) in [4.78, 5) is 15.9. The molecule has 0 aliphatic rings. The van der Waals surface area contributed by atoms with Gasteiger partial charge in [0, 0.05) is 31.5 Å². The predicted octanol–water partition coefficient (Wildman–Crippen LogP) is 1.21. The Morgan fingerprint density at radius 3 is 2.95 bits per heavy atom. The summed E-state index contributed by atoms with van der Waals surface area (Å²) in [6.45, 7) is 4.51. The molecule has 2 rings (SSSR count). The van der Waals surface area contributed by atoms with Gasteiger partial charge in [-0.1, -0.05) is 19.0 Å². The van der Waals surface area contributed by atoms with Crippen LogP contribution in [0.5, 0.6) is 0 Å². The van der Waals surface area contributed by atoms with Crippen LogP contribution in [0.2, 0.25) is 0 Å². The summed E-state index contributed by atoms with van der Waals surface area (Å²) in [5.74, 6) is 1.50. The van der Waals surface area contributed by atoms with Gasteiger partial charge in [-0.3, -0.25) is 9.89 Å². The van der Waals surface area contributed by atoms with Crippen LogP contribution < -0.4 is 5.32 Å². The van der Waals surface area contributed by atoms with Crippen LogP contribution in [0, 0.1) is 0 Å². The monoisotopic (exact) mass is 277 g/mol. The molecule has 20 heavy (non-hydrogen) atoms. The van der Waals surface area contributed by atoms with E-state index in [1.807, 2.05) is 13.8 Å². The molecule has 1 amide bonds. The highest BCUT2D eigenvalue weighted by Gasteiger charge is 2.10. The molecule has 0 fully saturated rings.